The first-order valence-corrected chi connectivity index (χ1v) is 9.96. The van der Waals surface area contributed by atoms with E-state index in [0.29, 0.717) is 44.3 Å². The monoisotopic (exact) mass is 379 g/mol. The maximum absolute atomic E-state index is 10.2. The number of hydrogen-bond acceptors (Lipinski definition) is 7. The molecule has 0 radical (unpaired) electrons. The number of para-hydroxylation sites is 2. The molecule has 0 bridgehead atoms. The van der Waals surface area contributed by atoms with Crippen molar-refractivity contribution in [3.05, 3.63) is 24.3 Å². The lowest BCUT2D eigenvalue weighted by molar-refractivity contribution is -0.0531. The van der Waals surface area contributed by atoms with Crippen molar-refractivity contribution in [1.82, 2.24) is 16.2 Å². The Bertz CT molecular complexity index is 572. The third-order valence-electron chi connectivity index (χ3n) is 5.46. The van der Waals surface area contributed by atoms with Crippen LogP contribution < -0.4 is 25.6 Å². The zero-order valence-electron chi connectivity index (χ0n) is 16.3. The van der Waals surface area contributed by atoms with Gasteiger partial charge in [-0.25, -0.2) is 0 Å². The lowest BCUT2D eigenvalue weighted by atomic mass is 9.80. The number of ether oxygens (including phenoxy) is 3. The van der Waals surface area contributed by atoms with Crippen LogP contribution in [0.2, 0.25) is 0 Å². The molecule has 1 saturated carbocycles. The second-order valence-electron chi connectivity index (χ2n) is 7.42. The Morgan fingerprint density at radius 1 is 1.22 bits per heavy atom. The average Bonchev–Trinajstić information content (AvgIpc) is 3.08. The van der Waals surface area contributed by atoms with Gasteiger partial charge in [-0.15, -0.1) is 0 Å². The summed E-state index contributed by atoms with van der Waals surface area (Å²) in [7, 11) is 1.63. The zero-order chi connectivity index (χ0) is 19.1. The van der Waals surface area contributed by atoms with E-state index in [0.717, 1.165) is 17.9 Å². The molecule has 0 spiro atoms. The van der Waals surface area contributed by atoms with Gasteiger partial charge in [0.15, 0.2) is 11.5 Å². The first kappa shape index (κ1) is 20.4. The minimum absolute atomic E-state index is 0.213. The number of aliphatic hydroxyl groups excluding tert-OH is 1. The van der Waals surface area contributed by atoms with Crippen LogP contribution in [0, 0.1) is 5.92 Å². The van der Waals surface area contributed by atoms with Gasteiger partial charge in [0.2, 0.25) is 0 Å². The quantitative estimate of drug-likeness (QED) is 0.453. The van der Waals surface area contributed by atoms with Crippen molar-refractivity contribution in [2.45, 2.75) is 50.5 Å². The van der Waals surface area contributed by atoms with Crippen LogP contribution in [-0.2, 0) is 4.74 Å². The third kappa shape index (κ3) is 5.56. The summed E-state index contributed by atoms with van der Waals surface area (Å²) >= 11 is 0. The van der Waals surface area contributed by atoms with Crippen molar-refractivity contribution in [2.24, 2.45) is 5.92 Å². The molecule has 5 atom stereocenters. The standard InChI is InChI=1S/C20H33N3O4/c1-14-20-16(23-22-14)6-5-9-19(20)27-13-15(24)12-21-10-11-26-18-8-4-3-7-17(18)25-2/h3-4,7-8,14-16,19-24H,5-6,9-13H2,1-2H3/t14?,15-,16?,19?,20?/m0/s1. The summed E-state index contributed by atoms with van der Waals surface area (Å²) in [5.74, 6) is 1.93. The van der Waals surface area contributed by atoms with E-state index < -0.39 is 6.10 Å². The fourth-order valence-electron chi connectivity index (χ4n) is 4.08. The molecular formula is C20H33N3O4. The Morgan fingerprint density at radius 3 is 2.85 bits per heavy atom. The summed E-state index contributed by atoms with van der Waals surface area (Å²) in [6, 6.07) is 8.47. The van der Waals surface area contributed by atoms with Gasteiger partial charge in [0.05, 0.1) is 25.9 Å². The number of rotatable bonds is 10. The fourth-order valence-corrected chi connectivity index (χ4v) is 4.08. The third-order valence-corrected chi connectivity index (χ3v) is 5.46. The second-order valence-corrected chi connectivity index (χ2v) is 7.42. The highest BCUT2D eigenvalue weighted by Gasteiger charge is 2.41. The normalized spacial score (nSPS) is 28.6. The van der Waals surface area contributed by atoms with Crippen molar-refractivity contribution in [3.8, 4) is 11.5 Å². The van der Waals surface area contributed by atoms with Crippen LogP contribution >= 0.6 is 0 Å². The largest absolute Gasteiger partial charge is 0.493 e. The van der Waals surface area contributed by atoms with Gasteiger partial charge in [0.1, 0.15) is 6.61 Å². The maximum Gasteiger partial charge on any atom is 0.161 e. The number of hydrogen-bond donors (Lipinski definition) is 4. The van der Waals surface area contributed by atoms with E-state index in [1.165, 1.54) is 12.8 Å². The maximum atomic E-state index is 10.2. The summed E-state index contributed by atoms with van der Waals surface area (Å²) in [6.07, 6.45) is 3.13. The van der Waals surface area contributed by atoms with Gasteiger partial charge in [0.25, 0.3) is 0 Å². The molecule has 2 aliphatic rings. The summed E-state index contributed by atoms with van der Waals surface area (Å²) < 4.78 is 17.0. The summed E-state index contributed by atoms with van der Waals surface area (Å²) in [5, 5.41) is 13.4. The van der Waals surface area contributed by atoms with Gasteiger partial charge in [-0.1, -0.05) is 12.1 Å². The Morgan fingerprint density at radius 2 is 2.04 bits per heavy atom. The lowest BCUT2D eigenvalue weighted by Gasteiger charge is -2.35. The Balaban J connectivity index is 1.30. The van der Waals surface area contributed by atoms with Crippen LogP contribution in [0.25, 0.3) is 0 Å². The lowest BCUT2D eigenvalue weighted by Crippen LogP contribution is -2.43. The molecule has 1 saturated heterocycles. The molecule has 1 aromatic rings. The summed E-state index contributed by atoms with van der Waals surface area (Å²) in [5.41, 5.74) is 6.69. The number of benzene rings is 1. The highest BCUT2D eigenvalue weighted by molar-refractivity contribution is 5.39. The molecule has 7 heteroatoms. The molecular weight excluding hydrogens is 346 g/mol. The molecule has 4 unspecified atom stereocenters. The molecule has 1 aliphatic carbocycles. The van der Waals surface area contributed by atoms with E-state index in [-0.39, 0.29) is 6.10 Å². The van der Waals surface area contributed by atoms with Crippen molar-refractivity contribution in [1.29, 1.82) is 0 Å². The average molecular weight is 380 g/mol. The Labute approximate surface area is 161 Å². The Hall–Kier alpha value is -1.38. The van der Waals surface area contributed by atoms with E-state index in [1.54, 1.807) is 7.11 Å². The topological polar surface area (TPSA) is 84.0 Å². The smallest absolute Gasteiger partial charge is 0.161 e. The van der Waals surface area contributed by atoms with Gasteiger partial charge in [-0.3, -0.25) is 10.9 Å². The molecule has 1 aromatic carbocycles. The molecule has 1 aliphatic heterocycles. The van der Waals surface area contributed by atoms with Gasteiger partial charge < -0.3 is 24.6 Å². The zero-order valence-corrected chi connectivity index (χ0v) is 16.3. The first-order chi connectivity index (χ1) is 13.2. The fraction of sp³-hybridized carbons (Fsp3) is 0.700. The van der Waals surface area contributed by atoms with Crippen molar-refractivity contribution < 1.29 is 19.3 Å². The van der Waals surface area contributed by atoms with E-state index in [4.69, 9.17) is 14.2 Å². The van der Waals surface area contributed by atoms with Crippen LogP contribution in [0.4, 0.5) is 0 Å². The predicted octanol–water partition coefficient (Wildman–Crippen LogP) is 1.07. The SMILES string of the molecule is COc1ccccc1OCCNC[C@H](O)COC1CCCC2NNC(C)C21. The van der Waals surface area contributed by atoms with E-state index in [9.17, 15) is 5.11 Å². The number of methoxy groups -OCH3 is 1. The van der Waals surface area contributed by atoms with Gasteiger partial charge in [-0.05, 0) is 38.3 Å². The minimum Gasteiger partial charge on any atom is -0.493 e. The number of hydrazine groups is 1. The van der Waals surface area contributed by atoms with Crippen molar-refractivity contribution in [2.75, 3.05) is 33.4 Å². The number of nitrogens with one attached hydrogen (secondary N) is 3. The highest BCUT2D eigenvalue weighted by Crippen LogP contribution is 2.32. The molecule has 1 heterocycles. The van der Waals surface area contributed by atoms with Crippen LogP contribution in [0.5, 0.6) is 11.5 Å². The molecule has 27 heavy (non-hydrogen) atoms. The summed E-state index contributed by atoms with van der Waals surface area (Å²) in [4.78, 5) is 0. The Kier molecular flexibility index (Phi) is 7.72. The van der Waals surface area contributed by atoms with Gasteiger partial charge >= 0.3 is 0 Å². The van der Waals surface area contributed by atoms with Gasteiger partial charge in [0, 0.05) is 31.1 Å². The van der Waals surface area contributed by atoms with E-state index in [2.05, 4.69) is 23.1 Å². The first-order valence-electron chi connectivity index (χ1n) is 9.96. The van der Waals surface area contributed by atoms with Crippen LogP contribution in [0.3, 0.4) is 0 Å². The number of aliphatic hydroxyl groups is 1. The van der Waals surface area contributed by atoms with Crippen LogP contribution in [0.1, 0.15) is 26.2 Å². The van der Waals surface area contributed by atoms with Crippen LogP contribution in [0.15, 0.2) is 24.3 Å². The van der Waals surface area contributed by atoms with E-state index in [1.807, 2.05) is 24.3 Å². The summed E-state index contributed by atoms with van der Waals surface area (Å²) in [6.45, 7) is 4.20. The van der Waals surface area contributed by atoms with Gasteiger partial charge in [-0.2, -0.15) is 0 Å². The molecule has 0 amide bonds. The van der Waals surface area contributed by atoms with Crippen molar-refractivity contribution in [3.63, 3.8) is 0 Å². The molecule has 4 N–H and O–H groups in total. The molecule has 3 rings (SSSR count). The second kappa shape index (κ2) is 10.2. The van der Waals surface area contributed by atoms with Crippen LogP contribution in [-0.4, -0.2) is 62.8 Å². The minimum atomic E-state index is -0.519. The van der Waals surface area contributed by atoms with E-state index >= 15 is 0 Å². The molecule has 152 valence electrons. The molecule has 2 fully saturated rings. The molecule has 7 nitrogen and oxygen atoms in total. The molecule has 0 aromatic heterocycles. The number of fused-ring (bicyclic) bond motifs is 1. The highest BCUT2D eigenvalue weighted by atomic mass is 16.5. The van der Waals surface area contributed by atoms with Crippen molar-refractivity contribution >= 4 is 0 Å². The predicted molar refractivity (Wildman–Crippen MR) is 104 cm³/mol.